The molecule has 0 aliphatic carbocycles. The molecule has 0 fully saturated rings. The number of hydrazone groups is 1. The molecule has 3 rings (SSSR count). The number of rotatable bonds is 7. The number of nitrogens with zero attached hydrogens (tertiary/aromatic N) is 1. The molecule has 8 nitrogen and oxygen atoms in total. The molecule has 0 bridgehead atoms. The molecule has 0 unspecified atom stereocenters. The van der Waals surface area contributed by atoms with Gasteiger partial charge in [-0.1, -0.05) is 42.0 Å². The SMILES string of the molecule is Cc1ccc(NC(=O)C(=O)N/N=C\c2cccc(OCC(=O)Nc3ccccc3C(F)(F)F)c2)cc1. The van der Waals surface area contributed by atoms with Crippen molar-refractivity contribution in [2.24, 2.45) is 5.10 Å². The topological polar surface area (TPSA) is 109 Å². The monoisotopic (exact) mass is 498 g/mol. The number of carbonyl (C=O) groups excluding carboxylic acids is 3. The molecule has 0 aromatic heterocycles. The Kier molecular flexibility index (Phi) is 8.39. The summed E-state index contributed by atoms with van der Waals surface area (Å²) in [6.45, 7) is 1.35. The largest absolute Gasteiger partial charge is 0.484 e. The lowest BCUT2D eigenvalue weighted by Crippen LogP contribution is -2.32. The van der Waals surface area contributed by atoms with Crippen molar-refractivity contribution in [3.05, 3.63) is 89.5 Å². The first kappa shape index (κ1) is 25.9. The van der Waals surface area contributed by atoms with E-state index in [0.29, 0.717) is 11.3 Å². The molecule has 3 amide bonds. The second-order valence-corrected chi connectivity index (χ2v) is 7.47. The zero-order valence-electron chi connectivity index (χ0n) is 18.9. The standard InChI is InChI=1S/C25H21F3N4O4/c1-16-9-11-18(12-10-16)30-23(34)24(35)32-29-14-17-5-4-6-19(13-17)36-15-22(33)31-21-8-3-2-7-20(21)25(26,27)28/h2-14H,15H2,1H3,(H,30,34)(H,31,33)(H,32,35)/b29-14-. The number of hydrogen-bond acceptors (Lipinski definition) is 5. The van der Waals surface area contributed by atoms with Gasteiger partial charge in [-0.3, -0.25) is 14.4 Å². The van der Waals surface area contributed by atoms with E-state index in [2.05, 4.69) is 21.2 Å². The van der Waals surface area contributed by atoms with E-state index < -0.39 is 36.1 Å². The van der Waals surface area contributed by atoms with Crippen LogP contribution in [0.15, 0.2) is 77.9 Å². The van der Waals surface area contributed by atoms with Crippen LogP contribution >= 0.6 is 0 Å². The number of para-hydroxylation sites is 1. The molecule has 36 heavy (non-hydrogen) atoms. The third-order valence-corrected chi connectivity index (χ3v) is 4.63. The van der Waals surface area contributed by atoms with Crippen LogP contribution in [0.3, 0.4) is 0 Å². The predicted octanol–water partition coefficient (Wildman–Crippen LogP) is 4.12. The molecule has 0 saturated carbocycles. The van der Waals surface area contributed by atoms with Gasteiger partial charge in [0.25, 0.3) is 5.91 Å². The van der Waals surface area contributed by atoms with E-state index in [1.165, 1.54) is 30.5 Å². The van der Waals surface area contributed by atoms with Crippen LogP contribution in [0.2, 0.25) is 0 Å². The molecule has 0 radical (unpaired) electrons. The number of ether oxygens (including phenoxy) is 1. The summed E-state index contributed by atoms with van der Waals surface area (Å²) in [5, 5.41) is 8.34. The quantitative estimate of drug-likeness (QED) is 0.259. The summed E-state index contributed by atoms with van der Waals surface area (Å²) < 4.78 is 44.5. The molecule has 11 heteroatoms. The number of aryl methyl sites for hydroxylation is 1. The highest BCUT2D eigenvalue weighted by Gasteiger charge is 2.33. The zero-order chi connectivity index (χ0) is 26.1. The summed E-state index contributed by atoms with van der Waals surface area (Å²) in [7, 11) is 0. The summed E-state index contributed by atoms with van der Waals surface area (Å²) >= 11 is 0. The van der Waals surface area contributed by atoms with E-state index in [0.717, 1.165) is 17.7 Å². The Hall–Kier alpha value is -4.67. The molecule has 0 saturated heterocycles. The van der Waals surface area contributed by atoms with Crippen LogP contribution in [0.5, 0.6) is 5.75 Å². The summed E-state index contributed by atoms with van der Waals surface area (Å²) in [4.78, 5) is 35.9. The Labute approximate surface area is 204 Å². The number of carbonyl (C=O) groups is 3. The van der Waals surface area contributed by atoms with Gasteiger partial charge in [-0.25, -0.2) is 5.43 Å². The van der Waals surface area contributed by atoms with E-state index in [-0.39, 0.29) is 11.4 Å². The van der Waals surface area contributed by atoms with E-state index in [1.807, 2.05) is 6.92 Å². The molecule has 0 spiro atoms. The maximum absolute atomic E-state index is 13.1. The second-order valence-electron chi connectivity index (χ2n) is 7.47. The van der Waals surface area contributed by atoms with Gasteiger partial charge in [0.05, 0.1) is 17.5 Å². The van der Waals surface area contributed by atoms with Gasteiger partial charge in [-0.15, -0.1) is 0 Å². The summed E-state index contributed by atoms with van der Waals surface area (Å²) in [6.07, 6.45) is -3.36. The highest BCUT2D eigenvalue weighted by atomic mass is 19.4. The van der Waals surface area contributed by atoms with Crippen LogP contribution in [0.4, 0.5) is 24.5 Å². The van der Waals surface area contributed by atoms with Crippen molar-refractivity contribution in [2.45, 2.75) is 13.1 Å². The first-order chi connectivity index (χ1) is 17.1. The van der Waals surface area contributed by atoms with Crippen LogP contribution in [0.25, 0.3) is 0 Å². The Morgan fingerprint density at radius 3 is 2.36 bits per heavy atom. The molecule has 0 aliphatic rings. The fourth-order valence-corrected chi connectivity index (χ4v) is 2.90. The van der Waals surface area contributed by atoms with Gasteiger partial charge in [0.15, 0.2) is 6.61 Å². The number of alkyl halides is 3. The van der Waals surface area contributed by atoms with Gasteiger partial charge in [-0.2, -0.15) is 18.3 Å². The van der Waals surface area contributed by atoms with Crippen LogP contribution in [0.1, 0.15) is 16.7 Å². The summed E-state index contributed by atoms with van der Waals surface area (Å²) in [6, 6.07) is 17.7. The smallest absolute Gasteiger partial charge is 0.418 e. The van der Waals surface area contributed by atoms with Crippen molar-refractivity contribution in [1.29, 1.82) is 0 Å². The molecular weight excluding hydrogens is 477 g/mol. The van der Waals surface area contributed by atoms with E-state index >= 15 is 0 Å². The molecular formula is C25H21F3N4O4. The molecule has 3 N–H and O–H groups in total. The van der Waals surface area contributed by atoms with Gasteiger partial charge >= 0.3 is 18.0 Å². The summed E-state index contributed by atoms with van der Waals surface area (Å²) in [5.74, 6) is -2.42. The first-order valence-corrected chi connectivity index (χ1v) is 10.5. The number of halogens is 3. The third kappa shape index (κ3) is 7.69. The highest BCUT2D eigenvalue weighted by molar-refractivity contribution is 6.39. The fraction of sp³-hybridized carbons (Fsp3) is 0.120. The second kappa shape index (κ2) is 11.6. The molecule has 3 aromatic carbocycles. The Bertz CT molecular complexity index is 1270. The van der Waals surface area contributed by atoms with Crippen molar-refractivity contribution in [3.8, 4) is 5.75 Å². The average Bonchev–Trinajstić information content (AvgIpc) is 2.84. The van der Waals surface area contributed by atoms with Crippen LogP contribution < -0.4 is 20.8 Å². The average molecular weight is 498 g/mol. The number of amides is 3. The van der Waals surface area contributed by atoms with Crippen molar-refractivity contribution < 1.29 is 32.3 Å². The third-order valence-electron chi connectivity index (χ3n) is 4.63. The maximum atomic E-state index is 13.1. The van der Waals surface area contributed by atoms with Crippen molar-refractivity contribution in [1.82, 2.24) is 5.43 Å². The van der Waals surface area contributed by atoms with Gasteiger partial charge in [0.2, 0.25) is 0 Å². The predicted molar refractivity (Wildman–Crippen MR) is 128 cm³/mol. The van der Waals surface area contributed by atoms with Crippen molar-refractivity contribution in [2.75, 3.05) is 17.2 Å². The Morgan fingerprint density at radius 1 is 0.917 bits per heavy atom. The number of anilines is 2. The molecule has 3 aromatic rings. The van der Waals surface area contributed by atoms with E-state index in [1.54, 1.807) is 36.4 Å². The normalized spacial score (nSPS) is 11.1. The van der Waals surface area contributed by atoms with Crippen LogP contribution in [-0.4, -0.2) is 30.5 Å². The van der Waals surface area contributed by atoms with E-state index in [4.69, 9.17) is 4.74 Å². The highest BCUT2D eigenvalue weighted by Crippen LogP contribution is 2.34. The molecule has 0 aliphatic heterocycles. The maximum Gasteiger partial charge on any atom is 0.418 e. The lowest BCUT2D eigenvalue weighted by molar-refractivity contribution is -0.137. The lowest BCUT2D eigenvalue weighted by atomic mass is 10.1. The number of hydrogen-bond donors (Lipinski definition) is 3. The lowest BCUT2D eigenvalue weighted by Gasteiger charge is -2.13. The number of benzene rings is 3. The Morgan fingerprint density at radius 2 is 1.64 bits per heavy atom. The summed E-state index contributed by atoms with van der Waals surface area (Å²) in [5.41, 5.74) is 2.69. The minimum absolute atomic E-state index is 0.238. The fourth-order valence-electron chi connectivity index (χ4n) is 2.90. The minimum Gasteiger partial charge on any atom is -0.484 e. The van der Waals surface area contributed by atoms with Gasteiger partial charge in [0.1, 0.15) is 5.75 Å². The van der Waals surface area contributed by atoms with Crippen molar-refractivity contribution >= 4 is 35.3 Å². The Balaban J connectivity index is 1.51. The molecule has 0 atom stereocenters. The van der Waals surface area contributed by atoms with Gasteiger partial charge in [0, 0.05) is 5.69 Å². The minimum atomic E-state index is -4.62. The number of nitrogens with one attached hydrogen (secondary N) is 3. The van der Waals surface area contributed by atoms with Gasteiger partial charge in [-0.05, 0) is 48.9 Å². The molecule has 186 valence electrons. The van der Waals surface area contributed by atoms with Crippen LogP contribution in [-0.2, 0) is 20.6 Å². The first-order valence-electron chi connectivity index (χ1n) is 10.5. The molecule has 0 heterocycles. The van der Waals surface area contributed by atoms with E-state index in [9.17, 15) is 27.6 Å². The van der Waals surface area contributed by atoms with Gasteiger partial charge < -0.3 is 15.4 Å². The zero-order valence-corrected chi connectivity index (χ0v) is 18.9. The van der Waals surface area contributed by atoms with Crippen molar-refractivity contribution in [3.63, 3.8) is 0 Å². The van der Waals surface area contributed by atoms with Crippen LogP contribution in [0, 0.1) is 6.92 Å².